The average molecular weight is 774 g/mol. The molecule has 8 nitrogen and oxygen atoms in total. The number of hydrogen-bond donors (Lipinski definition) is 2. The van der Waals surface area contributed by atoms with Crippen LogP contribution in [0.4, 0.5) is 4.79 Å². The van der Waals surface area contributed by atoms with Crippen molar-refractivity contribution in [2.75, 3.05) is 20.8 Å². The normalized spacial score (nSPS) is 24.3. The molecule has 4 aliphatic rings. The number of aliphatic hydroxyl groups is 2. The molecule has 302 valence electrons. The number of amides is 1. The minimum absolute atomic E-state index is 0.0144. The summed E-state index contributed by atoms with van der Waals surface area (Å²) in [5, 5.41) is 26.3. The number of aliphatic hydroxyl groups excluding tert-OH is 1. The topological polar surface area (TPSA) is 106 Å². The standard InChI is InChI=1S/C49H59NO7/c1-33-11-10-25-48(2)44(42-23-17-34(27-39(51)20-16-33)28-43(42)46(52)36-13-6-5-7-14-36)24-26-49(48,54)32-50(31-38-19-21-40(55-3)30-45(38)56-4)47(53)57-41-22-18-35-12-8-9-15-37(35)29-41/h8-9,11-12,15,17-19,21-23,28-30,36,39,44,51,54H,5-7,10,13-14,16,20,24-27,31-32H2,1-4H3/t39-,44-,48-,49+/m0/s1. The van der Waals surface area contributed by atoms with Crippen molar-refractivity contribution in [3.63, 3.8) is 0 Å². The minimum atomic E-state index is -1.33. The quantitative estimate of drug-likeness (QED) is 0.129. The smallest absolute Gasteiger partial charge is 0.415 e. The average Bonchev–Trinajstić information content (AvgIpc) is 3.48. The summed E-state index contributed by atoms with van der Waals surface area (Å²) >= 11 is 0. The van der Waals surface area contributed by atoms with Crippen LogP contribution in [0.3, 0.4) is 0 Å². The zero-order valence-corrected chi connectivity index (χ0v) is 34.1. The molecule has 2 fully saturated rings. The number of carbonyl (C=O) groups excluding carboxylic acids is 2. The van der Waals surface area contributed by atoms with Crippen molar-refractivity contribution in [3.8, 4) is 17.2 Å². The molecule has 0 spiro atoms. The van der Waals surface area contributed by atoms with Crippen molar-refractivity contribution in [1.29, 1.82) is 0 Å². The van der Waals surface area contributed by atoms with E-state index in [9.17, 15) is 19.8 Å². The molecule has 0 heterocycles. The zero-order chi connectivity index (χ0) is 40.2. The Morgan fingerprint density at radius 2 is 1.61 bits per heavy atom. The van der Waals surface area contributed by atoms with E-state index in [1.54, 1.807) is 31.3 Å². The minimum Gasteiger partial charge on any atom is -0.497 e. The molecule has 8 heteroatoms. The number of rotatable bonds is 9. The third kappa shape index (κ3) is 8.78. The third-order valence-electron chi connectivity index (χ3n) is 13.4. The Hall–Kier alpha value is -4.66. The van der Waals surface area contributed by atoms with Crippen LogP contribution in [0.5, 0.6) is 17.2 Å². The molecule has 2 bridgehead atoms. The van der Waals surface area contributed by atoms with E-state index in [1.807, 2.05) is 54.6 Å². The highest BCUT2D eigenvalue weighted by molar-refractivity contribution is 5.99. The lowest BCUT2D eigenvalue weighted by Gasteiger charge is -2.46. The molecule has 0 radical (unpaired) electrons. The third-order valence-corrected chi connectivity index (χ3v) is 13.4. The summed E-state index contributed by atoms with van der Waals surface area (Å²) in [6.45, 7) is 4.42. The fourth-order valence-electron chi connectivity index (χ4n) is 9.88. The van der Waals surface area contributed by atoms with E-state index in [2.05, 4.69) is 32.1 Å². The molecule has 2 N–H and O–H groups in total. The molecule has 1 amide bonds. The lowest BCUT2D eigenvalue weighted by atomic mass is 9.64. The summed E-state index contributed by atoms with van der Waals surface area (Å²) in [7, 11) is 3.19. The Bertz CT molecular complexity index is 2100. The zero-order valence-electron chi connectivity index (χ0n) is 34.1. The first kappa shape index (κ1) is 40.5. The highest BCUT2D eigenvalue weighted by atomic mass is 16.6. The van der Waals surface area contributed by atoms with Crippen LogP contribution in [0.15, 0.2) is 90.5 Å². The van der Waals surface area contributed by atoms with E-state index in [0.29, 0.717) is 49.4 Å². The molecule has 0 aliphatic heterocycles. The van der Waals surface area contributed by atoms with Gasteiger partial charge in [-0.2, -0.15) is 0 Å². The molecule has 8 rings (SSSR count). The van der Waals surface area contributed by atoms with Crippen LogP contribution in [0.25, 0.3) is 10.8 Å². The largest absolute Gasteiger partial charge is 0.497 e. The number of fused-ring (bicyclic) bond motifs is 9. The highest BCUT2D eigenvalue weighted by Gasteiger charge is 2.58. The monoisotopic (exact) mass is 773 g/mol. The maximum atomic E-state index is 14.5. The van der Waals surface area contributed by atoms with Crippen molar-refractivity contribution in [2.24, 2.45) is 11.3 Å². The number of benzene rings is 4. The van der Waals surface area contributed by atoms with Gasteiger partial charge >= 0.3 is 6.09 Å². The van der Waals surface area contributed by atoms with Gasteiger partial charge in [0.15, 0.2) is 5.78 Å². The summed E-state index contributed by atoms with van der Waals surface area (Å²) in [4.78, 5) is 30.6. The predicted molar refractivity (Wildman–Crippen MR) is 224 cm³/mol. The fraction of sp³-hybridized carbons (Fsp3) is 0.469. The van der Waals surface area contributed by atoms with Crippen LogP contribution in [0.1, 0.15) is 117 Å². The Kier molecular flexibility index (Phi) is 12.4. The number of hydrogen-bond acceptors (Lipinski definition) is 7. The van der Waals surface area contributed by atoms with E-state index in [4.69, 9.17) is 14.2 Å². The van der Waals surface area contributed by atoms with E-state index < -0.39 is 23.2 Å². The SMILES string of the molecule is COc1ccc(CN(C[C@]2(O)CC[C@H]3c4ccc(cc4C(=O)C4CCCCC4)C[C@@H](O)CCC(C)=CCC[C@@]32C)C(=O)Oc2ccc3ccccc3c2)c(OC)c1. The van der Waals surface area contributed by atoms with Gasteiger partial charge in [-0.25, -0.2) is 4.79 Å². The van der Waals surface area contributed by atoms with Crippen LogP contribution in [-0.2, 0) is 13.0 Å². The van der Waals surface area contributed by atoms with Crippen LogP contribution in [0, 0.1) is 11.3 Å². The maximum Gasteiger partial charge on any atom is 0.415 e. The van der Waals surface area contributed by atoms with Crippen LogP contribution in [-0.4, -0.2) is 59.5 Å². The van der Waals surface area contributed by atoms with Gasteiger partial charge in [-0.3, -0.25) is 4.79 Å². The number of methoxy groups -OCH3 is 2. The van der Waals surface area contributed by atoms with Crippen molar-refractivity contribution in [1.82, 2.24) is 4.90 Å². The van der Waals surface area contributed by atoms with Gasteiger partial charge < -0.3 is 29.3 Å². The van der Waals surface area contributed by atoms with Crippen LogP contribution >= 0.6 is 0 Å². The van der Waals surface area contributed by atoms with Gasteiger partial charge in [0.25, 0.3) is 0 Å². The first-order chi connectivity index (χ1) is 27.5. The van der Waals surface area contributed by atoms with Gasteiger partial charge in [0.2, 0.25) is 0 Å². The Labute approximate surface area is 337 Å². The number of Topliss-reactive ketones (excluding diaryl/α,β-unsaturated/α-hetero) is 1. The number of carbonyl (C=O) groups is 2. The molecule has 57 heavy (non-hydrogen) atoms. The maximum absolute atomic E-state index is 14.5. The van der Waals surface area contributed by atoms with Crippen LogP contribution < -0.4 is 14.2 Å². The van der Waals surface area contributed by atoms with Gasteiger partial charge in [-0.1, -0.05) is 80.3 Å². The fourth-order valence-corrected chi connectivity index (χ4v) is 9.88. The summed E-state index contributed by atoms with van der Waals surface area (Å²) < 4.78 is 17.4. The number of ether oxygens (including phenoxy) is 3. The number of ketones is 1. The molecule has 4 aliphatic carbocycles. The summed E-state index contributed by atoms with van der Waals surface area (Å²) in [5.41, 5.74) is 2.59. The molecule has 0 unspecified atom stereocenters. The Morgan fingerprint density at radius 3 is 2.39 bits per heavy atom. The first-order valence-electron chi connectivity index (χ1n) is 20.9. The molecular formula is C49H59NO7. The Morgan fingerprint density at radius 1 is 0.842 bits per heavy atom. The Balaban J connectivity index is 1.28. The number of nitrogens with zero attached hydrogens (tertiary/aromatic N) is 1. The first-order valence-corrected chi connectivity index (χ1v) is 20.9. The molecular weight excluding hydrogens is 715 g/mol. The second-order valence-corrected chi connectivity index (χ2v) is 17.1. The van der Waals surface area contributed by atoms with Crippen molar-refractivity contribution in [2.45, 2.75) is 115 Å². The van der Waals surface area contributed by atoms with E-state index in [-0.39, 0.29) is 30.7 Å². The van der Waals surface area contributed by atoms with E-state index in [1.165, 1.54) is 5.57 Å². The van der Waals surface area contributed by atoms with Crippen LogP contribution in [0.2, 0.25) is 0 Å². The second-order valence-electron chi connectivity index (χ2n) is 17.1. The molecule has 4 atom stereocenters. The van der Waals surface area contributed by atoms with Gasteiger partial charge in [-0.05, 0) is 123 Å². The van der Waals surface area contributed by atoms with Crippen molar-refractivity contribution < 1.29 is 34.0 Å². The van der Waals surface area contributed by atoms with Crippen molar-refractivity contribution >= 4 is 22.6 Å². The van der Waals surface area contributed by atoms with Gasteiger partial charge in [0.1, 0.15) is 17.2 Å². The van der Waals surface area contributed by atoms with E-state index in [0.717, 1.165) is 78.0 Å². The lowest BCUT2D eigenvalue weighted by Crippen LogP contribution is -2.54. The van der Waals surface area contributed by atoms with Gasteiger partial charge in [0.05, 0.1) is 39.0 Å². The van der Waals surface area contributed by atoms with Crippen molar-refractivity contribution in [3.05, 3.63) is 113 Å². The van der Waals surface area contributed by atoms with E-state index >= 15 is 0 Å². The molecule has 4 aromatic rings. The predicted octanol–water partition coefficient (Wildman–Crippen LogP) is 10.4. The van der Waals surface area contributed by atoms with Gasteiger partial charge in [0, 0.05) is 28.5 Å². The number of allylic oxidation sites excluding steroid dienone is 2. The molecule has 0 aromatic heterocycles. The molecule has 2 saturated carbocycles. The highest BCUT2D eigenvalue weighted by Crippen LogP contribution is 2.59. The van der Waals surface area contributed by atoms with Gasteiger partial charge in [-0.15, -0.1) is 0 Å². The lowest BCUT2D eigenvalue weighted by molar-refractivity contribution is -0.0802. The summed E-state index contributed by atoms with van der Waals surface area (Å²) in [5.74, 6) is 1.64. The molecule has 0 saturated heterocycles. The second kappa shape index (κ2) is 17.5. The summed E-state index contributed by atoms with van der Waals surface area (Å²) in [6.07, 6.45) is 10.6. The summed E-state index contributed by atoms with van der Waals surface area (Å²) in [6, 6.07) is 25.3. The molecule has 4 aromatic carbocycles.